The van der Waals surface area contributed by atoms with E-state index in [0.29, 0.717) is 19.4 Å². The van der Waals surface area contributed by atoms with E-state index in [0.717, 1.165) is 77.0 Å². The van der Waals surface area contributed by atoms with Gasteiger partial charge in [-0.1, -0.05) is 248 Å². The third kappa shape index (κ3) is 54.2. The van der Waals surface area contributed by atoms with Crippen molar-refractivity contribution in [2.24, 2.45) is 0 Å². The first kappa shape index (κ1) is 63.6. The molecule has 5 nitrogen and oxygen atoms in total. The van der Waals surface area contributed by atoms with Crippen LogP contribution in [0.4, 0.5) is 0 Å². The highest BCUT2D eigenvalue weighted by atomic mass is 16.6. The van der Waals surface area contributed by atoms with Gasteiger partial charge in [-0.05, 0) is 89.9 Å². The second-order valence-corrected chi connectivity index (χ2v) is 19.2. The molecule has 0 aliphatic carbocycles. The standard InChI is InChI=1S/C61H110O5/c1-4-7-10-13-16-19-22-25-28-30-31-32-34-36-39-42-45-48-51-54-60(62)65-58-59(57-64-56-53-50-47-44-41-38-35-29-26-23-20-17-14-11-8-5-2)66-61(63)55-52-49-46-43-40-37-33-27-24-21-18-15-12-9-6-3/h16,19,21,24-25,28,31-32,36,39,59H,4-15,17-18,20,22-23,26-27,29-30,33-35,37-38,40-58H2,1-3H3/b19-16-,24-21-,28-25-,32-31-,39-36-/t59-/m1/s1. The van der Waals surface area contributed by atoms with Crippen LogP contribution in [0.15, 0.2) is 60.8 Å². The van der Waals surface area contributed by atoms with Gasteiger partial charge in [0.05, 0.1) is 6.61 Å². The average Bonchev–Trinajstić information content (AvgIpc) is 3.32. The molecule has 5 heteroatoms. The zero-order chi connectivity index (χ0) is 47.7. The molecule has 0 radical (unpaired) electrons. The molecule has 0 fully saturated rings. The number of hydrogen-bond donors (Lipinski definition) is 0. The van der Waals surface area contributed by atoms with Gasteiger partial charge in [0.1, 0.15) is 6.61 Å². The maximum atomic E-state index is 12.8. The Morgan fingerprint density at radius 3 is 1.09 bits per heavy atom. The Morgan fingerprint density at radius 2 is 0.636 bits per heavy atom. The molecule has 0 aliphatic heterocycles. The lowest BCUT2D eigenvalue weighted by atomic mass is 10.0. The number of allylic oxidation sites excluding steroid dienone is 10. The SMILES string of the molecule is CCCCC/C=C\C/C=C\C/C=C\C/C=C\CCCCCC(=O)OC[C@@H](COCCCCCCCCCCCCCCCCCC)OC(=O)CCCCCCCCC/C=C\CCCCCC. The van der Waals surface area contributed by atoms with Crippen molar-refractivity contribution in [3.05, 3.63) is 60.8 Å². The fraction of sp³-hybridized carbons (Fsp3) is 0.803. The summed E-state index contributed by atoms with van der Waals surface area (Å²) in [7, 11) is 0. The minimum Gasteiger partial charge on any atom is -0.462 e. The molecule has 0 aromatic heterocycles. The second-order valence-electron chi connectivity index (χ2n) is 19.2. The maximum absolute atomic E-state index is 12.8. The smallest absolute Gasteiger partial charge is 0.306 e. The summed E-state index contributed by atoms with van der Waals surface area (Å²) in [6, 6.07) is 0. The van der Waals surface area contributed by atoms with Crippen LogP contribution in [0.5, 0.6) is 0 Å². The van der Waals surface area contributed by atoms with E-state index < -0.39 is 6.10 Å². The number of carbonyl (C=O) groups is 2. The first-order valence-corrected chi connectivity index (χ1v) is 28.8. The molecule has 0 unspecified atom stereocenters. The van der Waals surface area contributed by atoms with Crippen LogP contribution in [0, 0.1) is 0 Å². The molecule has 0 aliphatic rings. The van der Waals surface area contributed by atoms with Crippen molar-refractivity contribution in [2.75, 3.05) is 19.8 Å². The van der Waals surface area contributed by atoms with Crippen molar-refractivity contribution >= 4 is 11.9 Å². The number of ether oxygens (including phenoxy) is 3. The molecule has 0 aromatic rings. The van der Waals surface area contributed by atoms with Crippen LogP contribution >= 0.6 is 0 Å². The molecule has 0 N–H and O–H groups in total. The zero-order valence-corrected chi connectivity index (χ0v) is 44.2. The molecule has 1 atom stereocenters. The predicted octanol–water partition coefficient (Wildman–Crippen LogP) is 19.7. The van der Waals surface area contributed by atoms with Crippen molar-refractivity contribution in [1.82, 2.24) is 0 Å². The normalized spacial score (nSPS) is 12.6. The highest BCUT2D eigenvalue weighted by molar-refractivity contribution is 5.70. The van der Waals surface area contributed by atoms with Crippen LogP contribution < -0.4 is 0 Å². The monoisotopic (exact) mass is 923 g/mol. The van der Waals surface area contributed by atoms with E-state index in [-0.39, 0.29) is 25.2 Å². The molecule has 0 spiro atoms. The van der Waals surface area contributed by atoms with E-state index in [2.05, 4.69) is 81.5 Å². The van der Waals surface area contributed by atoms with Gasteiger partial charge in [0, 0.05) is 19.4 Å². The van der Waals surface area contributed by atoms with Crippen molar-refractivity contribution in [3.8, 4) is 0 Å². The van der Waals surface area contributed by atoms with Gasteiger partial charge in [0.15, 0.2) is 6.10 Å². The van der Waals surface area contributed by atoms with Crippen molar-refractivity contribution in [1.29, 1.82) is 0 Å². The molecule has 0 aromatic carbocycles. The Balaban J connectivity index is 4.31. The average molecular weight is 924 g/mol. The first-order chi connectivity index (χ1) is 32.6. The number of unbranched alkanes of at least 4 members (excludes halogenated alkanes) is 32. The Kier molecular flexibility index (Phi) is 54.9. The Morgan fingerprint density at radius 1 is 0.333 bits per heavy atom. The van der Waals surface area contributed by atoms with Gasteiger partial charge in [0.2, 0.25) is 0 Å². The number of carbonyl (C=O) groups excluding carboxylic acids is 2. The molecule has 66 heavy (non-hydrogen) atoms. The van der Waals surface area contributed by atoms with E-state index in [4.69, 9.17) is 14.2 Å². The van der Waals surface area contributed by atoms with E-state index in [1.165, 1.54) is 180 Å². The Bertz CT molecular complexity index is 1130. The summed E-state index contributed by atoms with van der Waals surface area (Å²) in [6.45, 7) is 7.79. The number of hydrogen-bond acceptors (Lipinski definition) is 5. The lowest BCUT2D eigenvalue weighted by molar-refractivity contribution is -0.163. The highest BCUT2D eigenvalue weighted by Crippen LogP contribution is 2.15. The molecule has 0 heterocycles. The Labute approximate surface area is 411 Å². The largest absolute Gasteiger partial charge is 0.462 e. The van der Waals surface area contributed by atoms with Crippen LogP contribution in [0.2, 0.25) is 0 Å². The van der Waals surface area contributed by atoms with E-state index in [1.54, 1.807) is 0 Å². The lowest BCUT2D eigenvalue weighted by Gasteiger charge is -2.18. The minimum atomic E-state index is -0.551. The van der Waals surface area contributed by atoms with Crippen LogP contribution in [-0.2, 0) is 23.8 Å². The van der Waals surface area contributed by atoms with Gasteiger partial charge in [-0.25, -0.2) is 0 Å². The van der Waals surface area contributed by atoms with Gasteiger partial charge in [-0.15, -0.1) is 0 Å². The molecule has 0 rings (SSSR count). The third-order valence-corrected chi connectivity index (χ3v) is 12.5. The predicted molar refractivity (Wildman–Crippen MR) is 288 cm³/mol. The third-order valence-electron chi connectivity index (χ3n) is 12.5. The van der Waals surface area contributed by atoms with Crippen molar-refractivity contribution in [2.45, 2.75) is 297 Å². The van der Waals surface area contributed by atoms with Gasteiger partial charge in [0.25, 0.3) is 0 Å². The molecule has 0 bridgehead atoms. The van der Waals surface area contributed by atoms with Gasteiger partial charge < -0.3 is 14.2 Å². The molecule has 384 valence electrons. The summed E-state index contributed by atoms with van der Waals surface area (Å²) >= 11 is 0. The van der Waals surface area contributed by atoms with Gasteiger partial charge in [-0.2, -0.15) is 0 Å². The van der Waals surface area contributed by atoms with E-state index in [1.807, 2.05) is 0 Å². The van der Waals surface area contributed by atoms with E-state index >= 15 is 0 Å². The van der Waals surface area contributed by atoms with Crippen LogP contribution in [0.3, 0.4) is 0 Å². The first-order valence-electron chi connectivity index (χ1n) is 28.8. The summed E-state index contributed by atoms with van der Waals surface area (Å²) in [5.74, 6) is -0.426. The van der Waals surface area contributed by atoms with Crippen LogP contribution in [0.1, 0.15) is 290 Å². The molecule has 0 saturated carbocycles. The minimum absolute atomic E-state index is 0.0692. The zero-order valence-electron chi connectivity index (χ0n) is 44.2. The van der Waals surface area contributed by atoms with Gasteiger partial charge in [-0.3, -0.25) is 9.59 Å². The summed E-state index contributed by atoms with van der Waals surface area (Å²) < 4.78 is 17.5. The lowest BCUT2D eigenvalue weighted by Crippen LogP contribution is -2.30. The number of esters is 2. The quantitative estimate of drug-likeness (QED) is 0.0346. The summed E-state index contributed by atoms with van der Waals surface area (Å²) in [5.41, 5.74) is 0. The topological polar surface area (TPSA) is 61.8 Å². The van der Waals surface area contributed by atoms with Crippen molar-refractivity contribution < 1.29 is 23.8 Å². The van der Waals surface area contributed by atoms with Crippen LogP contribution in [0.25, 0.3) is 0 Å². The maximum Gasteiger partial charge on any atom is 0.306 e. The van der Waals surface area contributed by atoms with Gasteiger partial charge >= 0.3 is 11.9 Å². The van der Waals surface area contributed by atoms with E-state index in [9.17, 15) is 9.59 Å². The second kappa shape index (κ2) is 56.9. The molecular weight excluding hydrogens is 813 g/mol. The Hall–Kier alpha value is -2.40. The fourth-order valence-corrected chi connectivity index (χ4v) is 8.20. The molecule has 0 amide bonds. The van der Waals surface area contributed by atoms with Crippen molar-refractivity contribution in [3.63, 3.8) is 0 Å². The molecular formula is C61H110O5. The fourth-order valence-electron chi connectivity index (χ4n) is 8.20. The highest BCUT2D eigenvalue weighted by Gasteiger charge is 2.17. The number of rotatable bonds is 53. The molecule has 0 saturated heterocycles. The summed E-state index contributed by atoms with van der Waals surface area (Å²) in [4.78, 5) is 25.5. The van der Waals surface area contributed by atoms with Crippen LogP contribution in [-0.4, -0.2) is 37.9 Å². The summed E-state index contributed by atoms with van der Waals surface area (Å²) in [6.07, 6.45) is 72.3. The summed E-state index contributed by atoms with van der Waals surface area (Å²) in [5, 5.41) is 0.